The van der Waals surface area contributed by atoms with Gasteiger partial charge in [-0.3, -0.25) is 4.79 Å². The van der Waals surface area contributed by atoms with Crippen molar-refractivity contribution in [3.63, 3.8) is 0 Å². The number of nitrogens with two attached hydrogens (primary N) is 1. The van der Waals surface area contributed by atoms with Gasteiger partial charge in [-0.25, -0.2) is 0 Å². The molecule has 6 nitrogen and oxygen atoms in total. The summed E-state index contributed by atoms with van der Waals surface area (Å²) < 4.78 is 0. The first kappa shape index (κ1) is 15.7. The number of hydrogen-bond donors (Lipinski definition) is 2. The van der Waals surface area contributed by atoms with E-state index in [0.717, 1.165) is 11.4 Å². The molecule has 0 fully saturated rings. The fourth-order valence-corrected chi connectivity index (χ4v) is 1.80. The first-order chi connectivity index (χ1) is 10.6. The molecule has 0 aliphatic heterocycles. The number of nitrogens with zero attached hydrogens (tertiary/aromatic N) is 3. The smallest absolute Gasteiger partial charge is 0.238 e. The van der Waals surface area contributed by atoms with Gasteiger partial charge in [0.05, 0.1) is 17.9 Å². The van der Waals surface area contributed by atoms with E-state index in [-0.39, 0.29) is 12.5 Å². The first-order valence-electron chi connectivity index (χ1n) is 6.88. The third-order valence-corrected chi connectivity index (χ3v) is 2.99. The van der Waals surface area contributed by atoms with Crippen molar-refractivity contribution in [1.82, 2.24) is 0 Å². The molecule has 6 heteroatoms. The van der Waals surface area contributed by atoms with Gasteiger partial charge in [0.1, 0.15) is 5.69 Å². The minimum atomic E-state index is -0.271. The van der Waals surface area contributed by atoms with Crippen LogP contribution in [0, 0.1) is 0 Å². The Morgan fingerprint density at radius 1 is 1.14 bits per heavy atom. The second kappa shape index (κ2) is 7.33. The number of amides is 1. The van der Waals surface area contributed by atoms with Crippen LogP contribution in [-0.2, 0) is 4.79 Å². The maximum atomic E-state index is 11.6. The van der Waals surface area contributed by atoms with E-state index in [4.69, 9.17) is 5.73 Å². The molecule has 0 heterocycles. The van der Waals surface area contributed by atoms with Crippen LogP contribution >= 0.6 is 0 Å². The lowest BCUT2D eigenvalue weighted by Gasteiger charge is -2.15. The second-order valence-electron chi connectivity index (χ2n) is 4.88. The third-order valence-electron chi connectivity index (χ3n) is 2.99. The zero-order chi connectivity index (χ0) is 15.9. The van der Waals surface area contributed by atoms with Crippen LogP contribution < -0.4 is 16.0 Å². The van der Waals surface area contributed by atoms with Crippen molar-refractivity contribution in [3.8, 4) is 0 Å². The van der Waals surface area contributed by atoms with Gasteiger partial charge >= 0.3 is 0 Å². The molecule has 3 N–H and O–H groups in total. The van der Waals surface area contributed by atoms with Crippen molar-refractivity contribution < 1.29 is 4.79 Å². The monoisotopic (exact) mass is 297 g/mol. The Balaban J connectivity index is 2.32. The molecule has 0 unspecified atom stereocenters. The minimum absolute atomic E-state index is 0.0819. The maximum absolute atomic E-state index is 11.6. The van der Waals surface area contributed by atoms with Crippen molar-refractivity contribution in [1.29, 1.82) is 0 Å². The molecular formula is C16H19N5O. The van der Waals surface area contributed by atoms with Crippen molar-refractivity contribution in [2.75, 3.05) is 30.9 Å². The van der Waals surface area contributed by atoms with E-state index in [0.29, 0.717) is 11.4 Å². The predicted octanol–water partition coefficient (Wildman–Crippen LogP) is 3.07. The average molecular weight is 297 g/mol. The van der Waals surface area contributed by atoms with Gasteiger partial charge in [0.2, 0.25) is 5.91 Å². The molecule has 2 aromatic carbocycles. The van der Waals surface area contributed by atoms with Crippen molar-refractivity contribution in [2.24, 2.45) is 16.0 Å². The molecule has 0 radical (unpaired) electrons. The van der Waals surface area contributed by atoms with E-state index in [1.807, 2.05) is 67.5 Å². The van der Waals surface area contributed by atoms with E-state index in [9.17, 15) is 4.79 Å². The van der Waals surface area contributed by atoms with Gasteiger partial charge in [-0.05, 0) is 30.3 Å². The summed E-state index contributed by atoms with van der Waals surface area (Å²) in [6.45, 7) is -0.0819. The molecule has 114 valence electrons. The number of carbonyl (C=O) groups excluding carboxylic acids is 1. The van der Waals surface area contributed by atoms with Crippen LogP contribution in [-0.4, -0.2) is 26.5 Å². The number of rotatable bonds is 5. The molecule has 0 aliphatic carbocycles. The van der Waals surface area contributed by atoms with Gasteiger partial charge in [0, 0.05) is 19.8 Å². The first-order valence-corrected chi connectivity index (χ1v) is 6.88. The fraction of sp³-hybridized carbons (Fsp3) is 0.188. The van der Waals surface area contributed by atoms with Gasteiger partial charge in [0.25, 0.3) is 0 Å². The normalized spacial score (nSPS) is 10.7. The van der Waals surface area contributed by atoms with E-state index >= 15 is 0 Å². The summed E-state index contributed by atoms with van der Waals surface area (Å²) in [4.78, 5) is 13.5. The Kier molecular flexibility index (Phi) is 5.21. The highest BCUT2D eigenvalue weighted by molar-refractivity contribution is 5.95. The van der Waals surface area contributed by atoms with E-state index in [2.05, 4.69) is 15.5 Å². The molecular weight excluding hydrogens is 278 g/mol. The van der Waals surface area contributed by atoms with Gasteiger partial charge in [-0.2, -0.15) is 5.11 Å². The van der Waals surface area contributed by atoms with E-state index in [1.165, 1.54) is 0 Å². The Bertz CT molecular complexity index is 667. The highest BCUT2D eigenvalue weighted by Gasteiger charge is 2.08. The zero-order valence-corrected chi connectivity index (χ0v) is 12.7. The van der Waals surface area contributed by atoms with Crippen LogP contribution in [0.3, 0.4) is 0 Å². The molecule has 0 spiro atoms. The Hall–Kier alpha value is -2.73. The second-order valence-corrected chi connectivity index (χ2v) is 4.88. The van der Waals surface area contributed by atoms with Crippen LogP contribution in [0.1, 0.15) is 0 Å². The molecule has 0 saturated carbocycles. The third kappa shape index (κ3) is 4.13. The van der Waals surface area contributed by atoms with Crippen molar-refractivity contribution >= 4 is 28.7 Å². The standard InChI is InChI=1S/C16H19N5O/c1-21(2)13-8-9-14(15(10-13)18-16(22)11-17)20-19-12-6-4-3-5-7-12/h3-10H,11,17H2,1-2H3,(H,18,22). The van der Waals surface area contributed by atoms with Gasteiger partial charge < -0.3 is 16.0 Å². The number of nitrogens with one attached hydrogen (secondary N) is 1. The molecule has 0 aromatic heterocycles. The highest BCUT2D eigenvalue weighted by Crippen LogP contribution is 2.30. The molecule has 0 bridgehead atoms. The fourth-order valence-electron chi connectivity index (χ4n) is 1.80. The van der Waals surface area contributed by atoms with Gasteiger partial charge in [0.15, 0.2) is 0 Å². The quantitative estimate of drug-likeness (QED) is 0.832. The van der Waals surface area contributed by atoms with E-state index < -0.39 is 0 Å². The van der Waals surface area contributed by atoms with E-state index in [1.54, 1.807) is 0 Å². The van der Waals surface area contributed by atoms with Crippen LogP contribution in [0.4, 0.5) is 22.7 Å². The molecule has 0 atom stereocenters. The molecule has 22 heavy (non-hydrogen) atoms. The summed E-state index contributed by atoms with van der Waals surface area (Å²) in [6.07, 6.45) is 0. The number of anilines is 2. The van der Waals surface area contributed by atoms with Crippen LogP contribution in [0.5, 0.6) is 0 Å². The predicted molar refractivity (Wildman–Crippen MR) is 89.1 cm³/mol. The maximum Gasteiger partial charge on any atom is 0.238 e. The Morgan fingerprint density at radius 2 is 1.86 bits per heavy atom. The zero-order valence-electron chi connectivity index (χ0n) is 12.7. The summed E-state index contributed by atoms with van der Waals surface area (Å²) >= 11 is 0. The summed E-state index contributed by atoms with van der Waals surface area (Å²) in [6, 6.07) is 15.0. The SMILES string of the molecule is CN(C)c1ccc(N=Nc2ccccc2)c(NC(=O)CN)c1. The Morgan fingerprint density at radius 3 is 2.50 bits per heavy atom. The van der Waals surface area contributed by atoms with Gasteiger partial charge in [-0.15, -0.1) is 5.11 Å². The molecule has 0 aliphatic rings. The van der Waals surface area contributed by atoms with Crippen LogP contribution in [0.25, 0.3) is 0 Å². The number of benzene rings is 2. The number of azo groups is 1. The summed E-state index contributed by atoms with van der Waals surface area (Å²) in [7, 11) is 3.85. The lowest BCUT2D eigenvalue weighted by molar-refractivity contribution is -0.114. The molecule has 0 saturated heterocycles. The lowest BCUT2D eigenvalue weighted by Crippen LogP contribution is -2.22. The number of hydrogen-bond acceptors (Lipinski definition) is 5. The molecule has 2 rings (SSSR count). The van der Waals surface area contributed by atoms with Crippen molar-refractivity contribution in [3.05, 3.63) is 48.5 Å². The summed E-state index contributed by atoms with van der Waals surface area (Å²) in [5, 5.41) is 11.1. The number of carbonyl (C=O) groups is 1. The Labute approximate surface area is 129 Å². The topological polar surface area (TPSA) is 83.1 Å². The summed E-state index contributed by atoms with van der Waals surface area (Å²) in [5.41, 5.74) is 8.22. The lowest BCUT2D eigenvalue weighted by atomic mass is 10.2. The largest absolute Gasteiger partial charge is 0.378 e. The summed E-state index contributed by atoms with van der Waals surface area (Å²) in [5.74, 6) is -0.271. The van der Waals surface area contributed by atoms with Crippen LogP contribution in [0.15, 0.2) is 58.8 Å². The molecule has 2 aromatic rings. The highest BCUT2D eigenvalue weighted by atomic mass is 16.1. The average Bonchev–Trinajstić information content (AvgIpc) is 2.54. The molecule has 1 amide bonds. The van der Waals surface area contributed by atoms with Gasteiger partial charge in [-0.1, -0.05) is 18.2 Å². The minimum Gasteiger partial charge on any atom is -0.378 e. The van der Waals surface area contributed by atoms with Crippen molar-refractivity contribution in [2.45, 2.75) is 0 Å². The van der Waals surface area contributed by atoms with Crippen LogP contribution in [0.2, 0.25) is 0 Å².